The molecule has 0 saturated carbocycles. The number of hydrogen-bond acceptors (Lipinski definition) is 5. The van der Waals surface area contributed by atoms with Crippen LogP contribution in [0.15, 0.2) is 54.6 Å². The minimum absolute atomic E-state index is 0.257. The second kappa shape index (κ2) is 6.75. The van der Waals surface area contributed by atoms with E-state index in [1.807, 2.05) is 30.3 Å². The summed E-state index contributed by atoms with van der Waals surface area (Å²) >= 11 is 0. The van der Waals surface area contributed by atoms with Crippen molar-refractivity contribution in [3.63, 3.8) is 0 Å². The number of aromatic nitrogens is 3. The van der Waals surface area contributed by atoms with E-state index in [-0.39, 0.29) is 6.10 Å². The van der Waals surface area contributed by atoms with Crippen molar-refractivity contribution in [2.75, 3.05) is 19.7 Å². The van der Waals surface area contributed by atoms with Crippen molar-refractivity contribution in [3.8, 4) is 28.7 Å². The van der Waals surface area contributed by atoms with Gasteiger partial charge in [-0.3, -0.25) is 5.10 Å². The Morgan fingerprint density at radius 3 is 2.72 bits per heavy atom. The Kier molecular flexibility index (Phi) is 4.15. The van der Waals surface area contributed by atoms with Crippen molar-refractivity contribution < 1.29 is 4.74 Å². The summed E-state index contributed by atoms with van der Waals surface area (Å²) < 4.78 is 5.71. The zero-order valence-electron chi connectivity index (χ0n) is 13.6. The van der Waals surface area contributed by atoms with E-state index in [9.17, 15) is 0 Å². The van der Waals surface area contributed by atoms with Crippen LogP contribution < -0.4 is 0 Å². The number of benzene rings is 2. The van der Waals surface area contributed by atoms with Crippen molar-refractivity contribution in [3.05, 3.63) is 60.4 Å². The molecule has 1 saturated heterocycles. The number of nitrogens with zero attached hydrogens (tertiary/aromatic N) is 4. The van der Waals surface area contributed by atoms with Gasteiger partial charge >= 0.3 is 0 Å². The lowest BCUT2D eigenvalue weighted by Crippen LogP contribution is -2.35. The number of hydrogen-bond donors (Lipinski definition) is 1. The van der Waals surface area contributed by atoms with E-state index in [1.165, 1.54) is 0 Å². The van der Waals surface area contributed by atoms with Gasteiger partial charge in [-0.15, -0.1) is 0 Å². The lowest BCUT2D eigenvalue weighted by molar-refractivity contribution is -0.0156. The lowest BCUT2D eigenvalue weighted by Gasteiger charge is -2.27. The summed E-state index contributed by atoms with van der Waals surface area (Å²) in [6.07, 6.45) is 1.90. The third-order valence-electron chi connectivity index (χ3n) is 4.24. The molecule has 0 amide bonds. The van der Waals surface area contributed by atoms with Crippen LogP contribution in [-0.2, 0) is 4.74 Å². The summed E-state index contributed by atoms with van der Waals surface area (Å²) in [7, 11) is 0. The highest BCUT2D eigenvalue weighted by molar-refractivity contribution is 5.70. The summed E-state index contributed by atoms with van der Waals surface area (Å²) in [6.45, 7) is 1.63. The highest BCUT2D eigenvalue weighted by Crippen LogP contribution is 2.26. The number of H-pyrrole nitrogens is 1. The molecule has 1 atom stereocenters. The maximum absolute atomic E-state index is 9.05. The highest BCUT2D eigenvalue weighted by Gasteiger charge is 2.24. The molecule has 0 aliphatic carbocycles. The topological polar surface area (TPSA) is 77.8 Å². The molecule has 1 aliphatic heterocycles. The average molecular weight is 331 g/mol. The predicted molar refractivity (Wildman–Crippen MR) is 93.1 cm³/mol. The molecule has 4 rings (SSSR count). The quantitative estimate of drug-likeness (QED) is 0.747. The number of rotatable bonds is 3. The molecule has 1 aliphatic rings. The van der Waals surface area contributed by atoms with Gasteiger partial charge in [0, 0.05) is 5.56 Å². The molecule has 0 radical (unpaired) electrons. The fourth-order valence-corrected chi connectivity index (χ4v) is 2.92. The third-order valence-corrected chi connectivity index (χ3v) is 4.24. The van der Waals surface area contributed by atoms with Crippen LogP contribution in [0.4, 0.5) is 0 Å². The number of ether oxygens (including phenoxy) is 1. The van der Waals surface area contributed by atoms with E-state index >= 15 is 0 Å². The van der Waals surface area contributed by atoms with Crippen LogP contribution in [0.25, 0.3) is 22.5 Å². The monoisotopic (exact) mass is 331 g/mol. The number of nitrogens with one attached hydrogen (secondary N) is 1. The predicted octanol–water partition coefficient (Wildman–Crippen LogP) is 2.99. The Morgan fingerprint density at radius 1 is 1.08 bits per heavy atom. The first kappa shape index (κ1) is 15.4. The van der Waals surface area contributed by atoms with E-state index in [2.05, 4.69) is 45.6 Å². The van der Waals surface area contributed by atoms with E-state index in [0.717, 1.165) is 16.7 Å². The smallest absolute Gasteiger partial charge is 0.181 e. The van der Waals surface area contributed by atoms with Gasteiger partial charge in [-0.05, 0) is 17.2 Å². The van der Waals surface area contributed by atoms with Gasteiger partial charge in [0.2, 0.25) is 0 Å². The van der Waals surface area contributed by atoms with E-state index in [4.69, 9.17) is 10.00 Å². The summed E-state index contributed by atoms with van der Waals surface area (Å²) in [5, 5.41) is 16.3. The standard InChI is InChI=1S/C19H17N5O/c20-13-24-9-10-25-17(12-24)19-21-18(22-23-19)16-8-4-7-15(11-16)14-5-2-1-3-6-14/h1-8,11,17H,9-10,12H2,(H,21,22,23). The molecule has 6 nitrogen and oxygen atoms in total. The SMILES string of the molecule is N#CN1CCOC(c2nc(-c3cccc(-c4ccccc4)c3)n[nH]2)C1. The first-order valence-electron chi connectivity index (χ1n) is 8.18. The first-order valence-corrected chi connectivity index (χ1v) is 8.18. The summed E-state index contributed by atoms with van der Waals surface area (Å²) in [5.74, 6) is 1.28. The van der Waals surface area contributed by atoms with Gasteiger partial charge in [0.15, 0.2) is 17.8 Å². The van der Waals surface area contributed by atoms with E-state index < -0.39 is 0 Å². The fourth-order valence-electron chi connectivity index (χ4n) is 2.92. The molecule has 25 heavy (non-hydrogen) atoms. The zero-order valence-corrected chi connectivity index (χ0v) is 13.6. The maximum atomic E-state index is 9.05. The van der Waals surface area contributed by atoms with Crippen molar-refractivity contribution >= 4 is 0 Å². The molecule has 1 N–H and O–H groups in total. The molecular weight excluding hydrogens is 314 g/mol. The summed E-state index contributed by atoms with van der Waals surface area (Å²) in [4.78, 5) is 6.25. The molecule has 1 fully saturated rings. The van der Waals surface area contributed by atoms with E-state index in [0.29, 0.717) is 31.3 Å². The van der Waals surface area contributed by atoms with Crippen LogP contribution >= 0.6 is 0 Å². The molecular formula is C19H17N5O. The van der Waals surface area contributed by atoms with Gasteiger partial charge in [-0.25, -0.2) is 4.98 Å². The van der Waals surface area contributed by atoms with E-state index in [1.54, 1.807) is 4.90 Å². The largest absolute Gasteiger partial charge is 0.366 e. The minimum Gasteiger partial charge on any atom is -0.366 e. The molecule has 1 aromatic heterocycles. The molecule has 0 spiro atoms. The molecule has 1 unspecified atom stereocenters. The van der Waals surface area contributed by atoms with Gasteiger partial charge in [0.25, 0.3) is 0 Å². The average Bonchev–Trinajstić information content (AvgIpc) is 3.19. The van der Waals surface area contributed by atoms with Crippen LogP contribution in [0.2, 0.25) is 0 Å². The number of nitriles is 1. The molecule has 2 aromatic carbocycles. The molecule has 2 heterocycles. The first-order chi connectivity index (χ1) is 12.3. The zero-order chi connectivity index (χ0) is 17.1. The van der Waals surface area contributed by atoms with Crippen LogP contribution in [0.3, 0.4) is 0 Å². The van der Waals surface area contributed by atoms with Crippen molar-refractivity contribution in [2.24, 2.45) is 0 Å². The summed E-state index contributed by atoms with van der Waals surface area (Å²) in [5.41, 5.74) is 3.21. The third kappa shape index (κ3) is 3.23. The van der Waals surface area contributed by atoms with Gasteiger partial charge in [-0.2, -0.15) is 10.4 Å². The summed E-state index contributed by atoms with van der Waals surface area (Å²) in [6, 6.07) is 18.3. The molecule has 124 valence electrons. The molecule has 0 bridgehead atoms. The Labute approximate surface area is 145 Å². The van der Waals surface area contributed by atoms with Crippen molar-refractivity contribution in [1.82, 2.24) is 20.1 Å². The lowest BCUT2D eigenvalue weighted by atomic mass is 10.0. The molecule has 6 heteroatoms. The second-order valence-corrected chi connectivity index (χ2v) is 5.90. The number of aromatic amines is 1. The van der Waals surface area contributed by atoms with Crippen LogP contribution in [0.5, 0.6) is 0 Å². The van der Waals surface area contributed by atoms with Crippen molar-refractivity contribution in [1.29, 1.82) is 5.26 Å². The van der Waals surface area contributed by atoms with Gasteiger partial charge in [0.1, 0.15) is 6.10 Å². The van der Waals surface area contributed by atoms with Crippen LogP contribution in [-0.4, -0.2) is 39.8 Å². The highest BCUT2D eigenvalue weighted by atomic mass is 16.5. The minimum atomic E-state index is -0.257. The van der Waals surface area contributed by atoms with Gasteiger partial charge in [-0.1, -0.05) is 48.5 Å². The van der Waals surface area contributed by atoms with Crippen LogP contribution in [0, 0.1) is 11.5 Å². The maximum Gasteiger partial charge on any atom is 0.181 e. The Morgan fingerprint density at radius 2 is 1.88 bits per heavy atom. The Balaban J connectivity index is 1.59. The molecule has 3 aromatic rings. The van der Waals surface area contributed by atoms with Gasteiger partial charge in [0.05, 0.1) is 19.7 Å². The normalized spacial score (nSPS) is 17.2. The Bertz CT molecular complexity index is 899. The Hall–Kier alpha value is -3.17. The van der Waals surface area contributed by atoms with Crippen molar-refractivity contribution in [2.45, 2.75) is 6.10 Å². The fraction of sp³-hybridized carbons (Fsp3) is 0.211. The second-order valence-electron chi connectivity index (χ2n) is 5.90. The van der Waals surface area contributed by atoms with Crippen LogP contribution in [0.1, 0.15) is 11.9 Å². The number of morpholine rings is 1. The van der Waals surface area contributed by atoms with Gasteiger partial charge < -0.3 is 9.64 Å².